The minimum absolute atomic E-state index is 0. The summed E-state index contributed by atoms with van der Waals surface area (Å²) in [6.07, 6.45) is -0.964. The summed E-state index contributed by atoms with van der Waals surface area (Å²) in [5.41, 5.74) is 7.58. The summed E-state index contributed by atoms with van der Waals surface area (Å²) < 4.78 is 28.8. The minimum Gasteiger partial charge on any atom is -0.485 e. The zero-order valence-electron chi connectivity index (χ0n) is 11.3. The average molecular weight is 271 g/mol. The normalized spacial score (nSPS) is 10.1. The van der Waals surface area contributed by atoms with Crippen molar-refractivity contribution >= 4 is 0 Å². The summed E-state index contributed by atoms with van der Waals surface area (Å²) in [7, 11) is 0. The second kappa shape index (κ2) is 11.4. The third kappa shape index (κ3) is 11.2. The van der Waals surface area contributed by atoms with E-state index < -0.39 is 13.0 Å². The van der Waals surface area contributed by atoms with E-state index in [1.165, 1.54) is 0 Å². The zero-order chi connectivity index (χ0) is 12.0. The van der Waals surface area contributed by atoms with E-state index in [9.17, 15) is 8.78 Å². The Morgan fingerprint density at radius 1 is 1.35 bits per heavy atom. The molecule has 5 heteroatoms. The van der Waals surface area contributed by atoms with E-state index in [-0.39, 0.29) is 64.6 Å². The van der Waals surface area contributed by atoms with Crippen LogP contribution in [0.3, 0.4) is 0 Å². The van der Waals surface area contributed by atoms with E-state index in [4.69, 9.17) is 10.5 Å². The van der Waals surface area contributed by atoms with Crippen LogP contribution in [-0.2, 0) is 4.74 Å². The summed E-state index contributed by atoms with van der Waals surface area (Å²) in [5, 5.41) is 0. The smallest absolute Gasteiger partial charge is 0.485 e. The van der Waals surface area contributed by atoms with Gasteiger partial charge in [0.15, 0.2) is 0 Å². The van der Waals surface area contributed by atoms with Crippen LogP contribution in [0.4, 0.5) is 8.78 Å². The van der Waals surface area contributed by atoms with Crippen LogP contribution < -0.4 is 57.1 Å². The Morgan fingerprint density at radius 2 is 1.82 bits per heavy atom. The van der Waals surface area contributed by atoms with Gasteiger partial charge in [-0.2, -0.15) is 0 Å². The van der Waals surface area contributed by atoms with Crippen LogP contribution in [0.2, 0.25) is 0 Å². The fourth-order valence-electron chi connectivity index (χ4n) is 0.820. The molecule has 0 aromatic rings. The Bertz CT molecular complexity index is 295. The molecule has 0 aromatic heterocycles. The first-order chi connectivity index (χ1) is 6.84. The van der Waals surface area contributed by atoms with Crippen LogP contribution in [-0.4, -0.2) is 13.0 Å². The maximum Gasteiger partial charge on any atom is 1.00 e. The molecular formula is C12H20F2KNO. The molecule has 2 nitrogen and oxygen atoms in total. The minimum atomic E-state index is -2.51. The van der Waals surface area contributed by atoms with Gasteiger partial charge in [-0.25, -0.2) is 8.78 Å². The van der Waals surface area contributed by atoms with Crippen molar-refractivity contribution in [1.29, 1.82) is 0 Å². The molecule has 0 aromatic carbocycles. The first kappa shape index (κ1) is 22.5. The van der Waals surface area contributed by atoms with Crippen molar-refractivity contribution in [2.75, 3.05) is 6.61 Å². The van der Waals surface area contributed by atoms with Crippen molar-refractivity contribution in [3.05, 3.63) is 42.7 Å². The van der Waals surface area contributed by atoms with Crippen LogP contribution in [0.15, 0.2) is 35.3 Å². The van der Waals surface area contributed by atoms with Crippen molar-refractivity contribution in [1.82, 2.24) is 0 Å². The average Bonchev–Trinajstić information content (AvgIpc) is 2.10. The molecule has 0 aliphatic heterocycles. The summed E-state index contributed by atoms with van der Waals surface area (Å²) in [6.45, 7) is 8.29. The second-order valence-corrected chi connectivity index (χ2v) is 3.47. The largest absolute Gasteiger partial charge is 1.00 e. The molecule has 0 saturated carbocycles. The zero-order valence-corrected chi connectivity index (χ0v) is 14.4. The van der Waals surface area contributed by atoms with E-state index in [0.717, 1.165) is 5.57 Å². The van der Waals surface area contributed by atoms with Gasteiger partial charge in [0.1, 0.15) is 12.4 Å². The predicted molar refractivity (Wildman–Crippen MR) is 63.8 cm³/mol. The maximum absolute atomic E-state index is 12.0. The maximum atomic E-state index is 12.0. The van der Waals surface area contributed by atoms with Crippen molar-refractivity contribution < 1.29 is 64.9 Å². The van der Waals surface area contributed by atoms with Gasteiger partial charge in [0.2, 0.25) is 0 Å². The van der Waals surface area contributed by atoms with Crippen molar-refractivity contribution in [3.63, 3.8) is 0 Å². The van der Waals surface area contributed by atoms with E-state index in [1.807, 2.05) is 0 Å². The molecule has 0 aliphatic rings. The van der Waals surface area contributed by atoms with E-state index in [0.29, 0.717) is 11.3 Å². The second-order valence-electron chi connectivity index (χ2n) is 3.47. The topological polar surface area (TPSA) is 35.2 Å². The van der Waals surface area contributed by atoms with E-state index in [1.54, 1.807) is 26.8 Å². The molecule has 0 atom stereocenters. The summed E-state index contributed by atoms with van der Waals surface area (Å²) >= 11 is 0. The Balaban J connectivity index is -0.000000980. The molecule has 17 heavy (non-hydrogen) atoms. The molecule has 2 N–H and O–H groups in total. The first-order valence-electron chi connectivity index (χ1n) is 4.56. The molecule has 0 spiro atoms. The molecule has 0 bridgehead atoms. The van der Waals surface area contributed by atoms with Crippen molar-refractivity contribution in [3.8, 4) is 0 Å². The number of rotatable bonds is 5. The molecule has 0 fully saturated rings. The van der Waals surface area contributed by atoms with Gasteiger partial charge >= 0.3 is 51.4 Å². The predicted octanol–water partition coefficient (Wildman–Crippen LogP) is 0.435. The van der Waals surface area contributed by atoms with Crippen LogP contribution in [0, 0.1) is 7.43 Å². The van der Waals surface area contributed by atoms with E-state index in [2.05, 4.69) is 6.58 Å². The molecule has 0 saturated heterocycles. The van der Waals surface area contributed by atoms with Gasteiger partial charge in [-0.1, -0.05) is 12.2 Å². The van der Waals surface area contributed by atoms with Crippen LogP contribution in [0.1, 0.15) is 20.8 Å². The van der Waals surface area contributed by atoms with Gasteiger partial charge in [0.05, 0.1) is 5.70 Å². The molecule has 0 unspecified atom stereocenters. The third-order valence-electron chi connectivity index (χ3n) is 1.55. The van der Waals surface area contributed by atoms with Crippen molar-refractivity contribution in [2.45, 2.75) is 27.2 Å². The summed E-state index contributed by atoms with van der Waals surface area (Å²) in [6, 6.07) is 0. The van der Waals surface area contributed by atoms with Crippen LogP contribution in [0.25, 0.3) is 0 Å². The number of alkyl halides is 2. The molecule has 0 aliphatic carbocycles. The van der Waals surface area contributed by atoms with Crippen LogP contribution >= 0.6 is 0 Å². The van der Waals surface area contributed by atoms with Gasteiger partial charge < -0.3 is 17.9 Å². The molecule has 0 heterocycles. The van der Waals surface area contributed by atoms with Gasteiger partial charge in [0.25, 0.3) is 6.43 Å². The summed E-state index contributed by atoms with van der Waals surface area (Å²) in [4.78, 5) is 0. The first-order valence-corrected chi connectivity index (χ1v) is 4.56. The third-order valence-corrected chi connectivity index (χ3v) is 1.55. The fourth-order valence-corrected chi connectivity index (χ4v) is 0.820. The molecule has 94 valence electrons. The van der Waals surface area contributed by atoms with Gasteiger partial charge in [-0.3, -0.25) is 0 Å². The number of ether oxygens (including phenoxy) is 1. The SMILES string of the molecule is C=C(C)/C=C(/OCC(F)F)C(N)=C(C)C.[CH3-].[K+]. The van der Waals surface area contributed by atoms with Gasteiger partial charge in [-0.05, 0) is 32.4 Å². The number of hydrogen-bond donors (Lipinski definition) is 1. The monoisotopic (exact) mass is 271 g/mol. The number of nitrogens with two attached hydrogens (primary N) is 1. The summed E-state index contributed by atoms with van der Waals surface area (Å²) in [5.74, 6) is 0.253. The number of allylic oxidation sites excluding steroid dienone is 3. The van der Waals surface area contributed by atoms with E-state index >= 15 is 0 Å². The Hall–Kier alpha value is 0.316. The quantitative estimate of drug-likeness (QED) is 0.341. The van der Waals surface area contributed by atoms with Crippen molar-refractivity contribution in [2.24, 2.45) is 5.73 Å². The van der Waals surface area contributed by atoms with Crippen LogP contribution in [0.5, 0.6) is 0 Å². The molecule has 0 radical (unpaired) electrons. The number of hydrogen-bond acceptors (Lipinski definition) is 2. The molecule has 0 amide bonds. The molecule has 0 rings (SSSR count). The number of halogens is 2. The fraction of sp³-hybridized carbons (Fsp3) is 0.417. The van der Waals surface area contributed by atoms with Gasteiger partial charge in [-0.15, -0.1) is 0 Å². The molecular weight excluding hydrogens is 251 g/mol. The standard InChI is InChI=1S/C11H17F2NO.CH3.K/c1-7(2)5-9(11(14)8(3)4)15-6-10(12)13;;/h5,10H,1,6,14H2,2-4H3;1H3;/q;-1;+1/b9-5+;;. The Kier molecular flexibility index (Phi) is 15.1. The Morgan fingerprint density at radius 3 is 2.12 bits per heavy atom. The Labute approximate surface area is 145 Å². The van der Waals surface area contributed by atoms with Gasteiger partial charge in [0, 0.05) is 0 Å².